The summed E-state index contributed by atoms with van der Waals surface area (Å²) in [4.78, 5) is 21.9. The van der Waals surface area contributed by atoms with Gasteiger partial charge in [0.05, 0.1) is 6.54 Å². The Balaban J connectivity index is 4.65. The molecule has 0 radical (unpaired) electrons. The summed E-state index contributed by atoms with van der Waals surface area (Å²) in [6.07, 6.45) is 1.27. The average molecular weight is 280 g/mol. The zero-order valence-electron chi connectivity index (χ0n) is 10.7. The lowest BCUT2D eigenvalue weighted by molar-refractivity contribution is -0.134. The monoisotopic (exact) mass is 280 g/mol. The number of carboxylic acid groups (broad SMARTS) is 1. The molecule has 18 heavy (non-hydrogen) atoms. The van der Waals surface area contributed by atoms with E-state index in [1.54, 1.807) is 6.92 Å². The molecule has 2 N–H and O–H groups in total. The van der Waals surface area contributed by atoms with Crippen LogP contribution in [-0.2, 0) is 19.6 Å². The van der Waals surface area contributed by atoms with Crippen LogP contribution in [0.1, 0.15) is 26.7 Å². The van der Waals surface area contributed by atoms with Gasteiger partial charge in [-0.05, 0) is 12.8 Å². The Morgan fingerprint density at radius 3 is 2.28 bits per heavy atom. The Hall–Kier alpha value is -1.15. The largest absolute Gasteiger partial charge is 0.480 e. The van der Waals surface area contributed by atoms with E-state index in [-0.39, 0.29) is 13.1 Å². The fraction of sp³-hybridized carbons (Fsp3) is 0.800. The van der Waals surface area contributed by atoms with Gasteiger partial charge in [-0.25, -0.2) is 8.42 Å². The molecule has 7 nitrogen and oxygen atoms in total. The van der Waals surface area contributed by atoms with Crippen molar-refractivity contribution < 1.29 is 23.1 Å². The van der Waals surface area contributed by atoms with Crippen LogP contribution in [0.15, 0.2) is 0 Å². The number of carbonyl (C=O) groups excluding carboxylic acids is 1. The molecule has 0 heterocycles. The van der Waals surface area contributed by atoms with E-state index in [4.69, 9.17) is 5.11 Å². The van der Waals surface area contributed by atoms with Crippen LogP contribution >= 0.6 is 0 Å². The van der Waals surface area contributed by atoms with E-state index >= 15 is 0 Å². The third-order valence-electron chi connectivity index (χ3n) is 2.06. The van der Waals surface area contributed by atoms with Gasteiger partial charge in [0.1, 0.15) is 0 Å². The van der Waals surface area contributed by atoms with Gasteiger partial charge in [0.2, 0.25) is 15.9 Å². The van der Waals surface area contributed by atoms with Crippen molar-refractivity contribution in [2.24, 2.45) is 0 Å². The predicted molar refractivity (Wildman–Crippen MR) is 66.6 cm³/mol. The number of carboxylic acids is 1. The second kappa shape index (κ2) is 8.04. The van der Waals surface area contributed by atoms with Crippen LogP contribution in [0, 0.1) is 0 Å². The van der Waals surface area contributed by atoms with Crippen molar-refractivity contribution in [3.63, 3.8) is 0 Å². The van der Waals surface area contributed by atoms with E-state index in [0.29, 0.717) is 13.0 Å². The Morgan fingerprint density at radius 1 is 1.22 bits per heavy atom. The third kappa shape index (κ3) is 6.55. The second-order valence-corrected chi connectivity index (χ2v) is 5.80. The summed E-state index contributed by atoms with van der Waals surface area (Å²) in [5, 5.41) is 11.1. The van der Waals surface area contributed by atoms with E-state index in [2.05, 4.69) is 5.32 Å². The summed E-state index contributed by atoms with van der Waals surface area (Å²) >= 11 is 0. The van der Waals surface area contributed by atoms with E-state index < -0.39 is 27.7 Å². The minimum absolute atomic E-state index is 0.134. The van der Waals surface area contributed by atoms with Crippen LogP contribution in [0.3, 0.4) is 0 Å². The number of rotatable bonds is 9. The predicted octanol–water partition coefficient (Wildman–Crippen LogP) is -0.361. The molecule has 0 fully saturated rings. The molecule has 0 aromatic carbocycles. The summed E-state index contributed by atoms with van der Waals surface area (Å²) in [5.41, 5.74) is 0. The van der Waals surface area contributed by atoms with Crippen molar-refractivity contribution in [3.8, 4) is 0 Å². The summed E-state index contributed by atoms with van der Waals surface area (Å²) in [6.45, 7) is 3.91. The fourth-order valence-corrected chi connectivity index (χ4v) is 2.56. The van der Waals surface area contributed by atoms with Gasteiger partial charge >= 0.3 is 5.97 Å². The van der Waals surface area contributed by atoms with Crippen molar-refractivity contribution in [1.82, 2.24) is 9.62 Å². The number of hydrogen-bond acceptors (Lipinski definition) is 4. The van der Waals surface area contributed by atoms with Gasteiger partial charge in [0.15, 0.2) is 5.75 Å². The highest BCUT2D eigenvalue weighted by atomic mass is 32.2. The van der Waals surface area contributed by atoms with E-state index in [9.17, 15) is 18.0 Å². The SMILES string of the molecule is CCCNC(=O)CN(CCC)S(=O)(=O)CC(=O)O. The first-order chi connectivity index (χ1) is 8.33. The lowest BCUT2D eigenvalue weighted by atomic mass is 10.4. The number of nitrogens with zero attached hydrogens (tertiary/aromatic N) is 1. The van der Waals surface area contributed by atoms with Crippen molar-refractivity contribution in [2.45, 2.75) is 26.7 Å². The summed E-state index contributed by atoms with van der Waals surface area (Å²) in [6, 6.07) is 0. The Kier molecular flexibility index (Phi) is 7.53. The second-order valence-electron chi connectivity index (χ2n) is 3.83. The van der Waals surface area contributed by atoms with Crippen molar-refractivity contribution in [2.75, 3.05) is 25.4 Å². The molecule has 0 saturated heterocycles. The molecular weight excluding hydrogens is 260 g/mol. The Labute approximate surface area is 107 Å². The lowest BCUT2D eigenvalue weighted by Crippen LogP contribution is -2.43. The molecule has 0 aromatic heterocycles. The van der Waals surface area contributed by atoms with Crippen LogP contribution < -0.4 is 5.32 Å². The maximum absolute atomic E-state index is 11.7. The molecule has 0 rings (SSSR count). The number of hydrogen-bond donors (Lipinski definition) is 2. The molecule has 0 spiro atoms. The van der Waals surface area contributed by atoms with E-state index in [0.717, 1.165) is 10.7 Å². The van der Waals surface area contributed by atoms with Gasteiger partial charge in [0, 0.05) is 13.1 Å². The highest BCUT2D eigenvalue weighted by Gasteiger charge is 2.26. The zero-order valence-corrected chi connectivity index (χ0v) is 11.5. The molecular formula is C10H20N2O5S. The van der Waals surface area contributed by atoms with Gasteiger partial charge in [0.25, 0.3) is 0 Å². The first kappa shape index (κ1) is 16.9. The molecule has 0 saturated carbocycles. The molecule has 106 valence electrons. The number of aliphatic carboxylic acids is 1. The van der Waals surface area contributed by atoms with Gasteiger partial charge in [-0.15, -0.1) is 0 Å². The Bertz CT molecular complexity index is 380. The Morgan fingerprint density at radius 2 is 1.83 bits per heavy atom. The number of sulfonamides is 1. The fourth-order valence-electron chi connectivity index (χ4n) is 1.29. The van der Waals surface area contributed by atoms with Crippen molar-refractivity contribution in [3.05, 3.63) is 0 Å². The smallest absolute Gasteiger partial charge is 0.320 e. The summed E-state index contributed by atoms with van der Waals surface area (Å²) < 4.78 is 24.3. The van der Waals surface area contributed by atoms with E-state index in [1.165, 1.54) is 0 Å². The van der Waals surface area contributed by atoms with Gasteiger partial charge in [-0.3, -0.25) is 9.59 Å². The first-order valence-corrected chi connectivity index (χ1v) is 7.40. The molecule has 0 aliphatic heterocycles. The standard InChI is InChI=1S/C10H20N2O5S/c1-3-5-11-9(13)7-12(6-4-2)18(16,17)8-10(14)15/h3-8H2,1-2H3,(H,11,13)(H,14,15). The lowest BCUT2D eigenvalue weighted by Gasteiger charge is -2.20. The molecule has 0 atom stereocenters. The van der Waals surface area contributed by atoms with Crippen LogP contribution in [0.2, 0.25) is 0 Å². The molecule has 0 aliphatic carbocycles. The minimum Gasteiger partial charge on any atom is -0.480 e. The zero-order chi connectivity index (χ0) is 14.2. The molecule has 0 aromatic rings. The molecule has 0 unspecified atom stereocenters. The highest BCUT2D eigenvalue weighted by Crippen LogP contribution is 2.03. The number of nitrogens with one attached hydrogen (secondary N) is 1. The van der Waals surface area contributed by atoms with Gasteiger partial charge < -0.3 is 10.4 Å². The van der Waals surface area contributed by atoms with Gasteiger partial charge in [-0.1, -0.05) is 13.8 Å². The van der Waals surface area contributed by atoms with Crippen LogP contribution in [0.25, 0.3) is 0 Å². The average Bonchev–Trinajstić information content (AvgIpc) is 2.24. The quantitative estimate of drug-likeness (QED) is 0.600. The third-order valence-corrected chi connectivity index (χ3v) is 3.77. The highest BCUT2D eigenvalue weighted by molar-refractivity contribution is 7.89. The van der Waals surface area contributed by atoms with Crippen LogP contribution in [0.4, 0.5) is 0 Å². The minimum atomic E-state index is -3.93. The molecule has 8 heteroatoms. The van der Waals surface area contributed by atoms with E-state index in [1.807, 2.05) is 6.92 Å². The maximum Gasteiger partial charge on any atom is 0.320 e. The molecule has 1 amide bonds. The van der Waals surface area contributed by atoms with Crippen LogP contribution in [-0.4, -0.2) is 55.1 Å². The number of amides is 1. The first-order valence-electron chi connectivity index (χ1n) is 5.79. The maximum atomic E-state index is 11.7. The van der Waals surface area contributed by atoms with Crippen molar-refractivity contribution >= 4 is 21.9 Å². The number of carbonyl (C=O) groups is 2. The molecule has 0 bridgehead atoms. The van der Waals surface area contributed by atoms with Crippen LogP contribution in [0.5, 0.6) is 0 Å². The summed E-state index contributed by atoms with van der Waals surface area (Å²) in [5.74, 6) is -2.84. The van der Waals surface area contributed by atoms with Gasteiger partial charge in [-0.2, -0.15) is 4.31 Å². The summed E-state index contributed by atoms with van der Waals surface area (Å²) in [7, 11) is -3.93. The van der Waals surface area contributed by atoms with Crippen molar-refractivity contribution in [1.29, 1.82) is 0 Å². The molecule has 0 aliphatic rings. The topological polar surface area (TPSA) is 104 Å². The normalized spacial score (nSPS) is 11.5.